The third kappa shape index (κ3) is 2.39. The summed E-state index contributed by atoms with van der Waals surface area (Å²) in [6.45, 7) is 0. The second-order valence-corrected chi connectivity index (χ2v) is 6.01. The number of Topliss-reactive ketones (excluding diaryl/α,β-unsaturated/α-hetero) is 1. The Kier molecular flexibility index (Phi) is 4.07. The van der Waals surface area contributed by atoms with Crippen molar-refractivity contribution in [1.82, 2.24) is 4.57 Å². The molecule has 0 amide bonds. The molecule has 0 N–H and O–H groups in total. The van der Waals surface area contributed by atoms with Crippen LogP contribution in [-0.4, -0.2) is 16.2 Å². The van der Waals surface area contributed by atoms with Crippen LogP contribution in [0.3, 0.4) is 0 Å². The van der Waals surface area contributed by atoms with Crippen molar-refractivity contribution in [3.05, 3.63) is 63.7 Å². The van der Waals surface area contributed by atoms with E-state index in [1.165, 1.54) is 0 Å². The van der Waals surface area contributed by atoms with Crippen molar-refractivity contribution in [2.24, 2.45) is 0 Å². The first-order chi connectivity index (χ1) is 10.1. The van der Waals surface area contributed by atoms with Gasteiger partial charge in [0.15, 0.2) is 5.78 Å². The summed E-state index contributed by atoms with van der Waals surface area (Å²) in [6.07, 6.45) is 0. The van der Waals surface area contributed by atoms with Crippen molar-refractivity contribution in [3.8, 4) is 5.69 Å². The molecule has 21 heavy (non-hydrogen) atoms. The molecule has 0 saturated carbocycles. The van der Waals surface area contributed by atoms with Crippen molar-refractivity contribution >= 4 is 55.8 Å². The Balaban J connectivity index is 2.42. The molecule has 0 saturated heterocycles. The Bertz CT molecular complexity index is 841. The molecular weight excluding hydrogens is 373 g/mol. The van der Waals surface area contributed by atoms with Crippen molar-refractivity contribution in [2.75, 3.05) is 5.88 Å². The van der Waals surface area contributed by atoms with Crippen molar-refractivity contribution in [1.29, 1.82) is 0 Å². The van der Waals surface area contributed by atoms with Gasteiger partial charge in [0.25, 0.3) is 0 Å². The van der Waals surface area contributed by atoms with Crippen LogP contribution in [0.1, 0.15) is 10.4 Å². The molecule has 0 unspecified atom stereocenters. The third-order valence-electron chi connectivity index (χ3n) is 3.31. The van der Waals surface area contributed by atoms with Crippen LogP contribution >= 0.6 is 39.1 Å². The minimum atomic E-state index is -0.177. The van der Waals surface area contributed by atoms with E-state index in [0.29, 0.717) is 10.7 Å². The molecular formula is C16H10BrCl2NO. The summed E-state index contributed by atoms with van der Waals surface area (Å²) in [5.41, 5.74) is 2.23. The largest absolute Gasteiger partial charge is 0.298 e. The topological polar surface area (TPSA) is 22.0 Å². The van der Waals surface area contributed by atoms with Gasteiger partial charge in [-0.15, -0.1) is 11.6 Å². The maximum Gasteiger partial charge on any atom is 0.181 e. The molecule has 3 rings (SSSR count). The quantitative estimate of drug-likeness (QED) is 0.435. The smallest absolute Gasteiger partial charge is 0.181 e. The van der Waals surface area contributed by atoms with E-state index in [4.69, 9.17) is 23.2 Å². The van der Waals surface area contributed by atoms with E-state index >= 15 is 0 Å². The standard InChI is InChI=1S/C16H10BrCl2NO/c17-11-6-2-4-8-13(11)20-12-7-3-1-5-10(12)15(16(20)19)14(21)9-18/h1-8H,9H2. The van der Waals surface area contributed by atoms with Gasteiger partial charge in [0.1, 0.15) is 5.15 Å². The van der Waals surface area contributed by atoms with Gasteiger partial charge in [-0.2, -0.15) is 0 Å². The first-order valence-electron chi connectivity index (χ1n) is 6.28. The number of aromatic nitrogens is 1. The highest BCUT2D eigenvalue weighted by Gasteiger charge is 2.22. The van der Waals surface area contributed by atoms with Gasteiger partial charge in [0, 0.05) is 9.86 Å². The molecule has 0 atom stereocenters. The van der Waals surface area contributed by atoms with Gasteiger partial charge >= 0.3 is 0 Å². The number of benzene rings is 2. The monoisotopic (exact) mass is 381 g/mol. The molecule has 0 spiro atoms. The van der Waals surface area contributed by atoms with Gasteiger partial charge < -0.3 is 0 Å². The fraction of sp³-hybridized carbons (Fsp3) is 0.0625. The molecule has 2 nitrogen and oxygen atoms in total. The summed E-state index contributed by atoms with van der Waals surface area (Å²) >= 11 is 15.7. The molecule has 5 heteroatoms. The second-order valence-electron chi connectivity index (χ2n) is 4.53. The Morgan fingerprint density at radius 3 is 2.48 bits per heavy atom. The zero-order valence-electron chi connectivity index (χ0n) is 10.8. The van der Waals surface area contributed by atoms with Gasteiger partial charge in [-0.1, -0.05) is 41.9 Å². The number of alkyl halides is 1. The average Bonchev–Trinajstić information content (AvgIpc) is 2.79. The molecule has 3 aromatic rings. The SMILES string of the molecule is O=C(CCl)c1c(Cl)n(-c2ccccc2Br)c2ccccc12. The van der Waals surface area contributed by atoms with Crippen molar-refractivity contribution < 1.29 is 4.79 Å². The van der Waals surface area contributed by atoms with Crippen LogP contribution in [0.5, 0.6) is 0 Å². The van der Waals surface area contributed by atoms with E-state index in [1.807, 2.05) is 53.1 Å². The van der Waals surface area contributed by atoms with Gasteiger partial charge in [0.05, 0.1) is 22.6 Å². The minimum absolute atomic E-state index is 0.0936. The van der Waals surface area contributed by atoms with Crippen molar-refractivity contribution in [2.45, 2.75) is 0 Å². The molecule has 0 aliphatic heterocycles. The maximum atomic E-state index is 12.1. The number of hydrogen-bond donors (Lipinski definition) is 0. The van der Waals surface area contributed by atoms with Gasteiger partial charge in [-0.25, -0.2) is 0 Å². The van der Waals surface area contributed by atoms with E-state index in [1.54, 1.807) is 0 Å². The highest BCUT2D eigenvalue weighted by atomic mass is 79.9. The highest BCUT2D eigenvalue weighted by Crippen LogP contribution is 2.35. The maximum absolute atomic E-state index is 12.1. The molecule has 0 bridgehead atoms. The molecule has 0 aliphatic rings. The minimum Gasteiger partial charge on any atom is -0.298 e. The lowest BCUT2D eigenvalue weighted by Crippen LogP contribution is -2.01. The Morgan fingerprint density at radius 1 is 1.10 bits per heavy atom. The second kappa shape index (κ2) is 5.84. The summed E-state index contributed by atoms with van der Waals surface area (Å²) < 4.78 is 2.76. The van der Waals surface area contributed by atoms with E-state index in [-0.39, 0.29) is 11.7 Å². The van der Waals surface area contributed by atoms with Gasteiger partial charge in [-0.05, 0) is 34.1 Å². The Labute approximate surface area is 140 Å². The first-order valence-corrected chi connectivity index (χ1v) is 7.98. The summed E-state index contributed by atoms with van der Waals surface area (Å²) in [5, 5.41) is 1.19. The zero-order chi connectivity index (χ0) is 15.0. The molecule has 0 fully saturated rings. The number of halogens is 3. The van der Waals surface area contributed by atoms with Crippen LogP contribution in [-0.2, 0) is 0 Å². The molecule has 0 aliphatic carbocycles. The highest BCUT2D eigenvalue weighted by molar-refractivity contribution is 9.10. The number of nitrogens with zero attached hydrogens (tertiary/aromatic N) is 1. The summed E-state index contributed by atoms with van der Waals surface area (Å²) in [7, 11) is 0. The van der Waals surface area contributed by atoms with E-state index in [0.717, 1.165) is 21.1 Å². The van der Waals surface area contributed by atoms with E-state index < -0.39 is 0 Å². The van der Waals surface area contributed by atoms with E-state index in [9.17, 15) is 4.79 Å². The number of para-hydroxylation sites is 2. The van der Waals surface area contributed by atoms with Crippen LogP contribution in [0.25, 0.3) is 16.6 Å². The lowest BCUT2D eigenvalue weighted by molar-refractivity contribution is 0.102. The van der Waals surface area contributed by atoms with Crippen LogP contribution in [0.15, 0.2) is 53.0 Å². The first kappa shape index (κ1) is 14.6. The fourth-order valence-corrected chi connectivity index (χ4v) is 3.39. The normalized spacial score (nSPS) is 11.0. The van der Waals surface area contributed by atoms with Crippen LogP contribution in [0.2, 0.25) is 5.15 Å². The summed E-state index contributed by atoms with van der Waals surface area (Å²) in [4.78, 5) is 12.1. The number of hydrogen-bond acceptors (Lipinski definition) is 1. The lowest BCUT2D eigenvalue weighted by Gasteiger charge is -2.09. The third-order valence-corrected chi connectivity index (χ3v) is 4.58. The summed E-state index contributed by atoms with van der Waals surface area (Å²) in [6, 6.07) is 15.3. The molecule has 106 valence electrons. The predicted octanol–water partition coefficient (Wildman–Crippen LogP) is 5.47. The average molecular weight is 383 g/mol. The number of ketones is 1. The number of carbonyl (C=O) groups is 1. The van der Waals surface area contributed by atoms with Crippen LogP contribution in [0.4, 0.5) is 0 Å². The van der Waals surface area contributed by atoms with Crippen LogP contribution < -0.4 is 0 Å². The molecule has 1 aromatic heterocycles. The lowest BCUT2D eigenvalue weighted by atomic mass is 10.1. The molecule has 1 heterocycles. The Hall–Kier alpha value is -1.29. The fourth-order valence-electron chi connectivity index (χ4n) is 2.41. The van der Waals surface area contributed by atoms with Crippen LogP contribution in [0, 0.1) is 0 Å². The van der Waals surface area contributed by atoms with E-state index in [2.05, 4.69) is 15.9 Å². The van der Waals surface area contributed by atoms with Gasteiger partial charge in [-0.3, -0.25) is 9.36 Å². The molecule has 0 radical (unpaired) electrons. The van der Waals surface area contributed by atoms with Crippen molar-refractivity contribution in [3.63, 3.8) is 0 Å². The number of fused-ring (bicyclic) bond motifs is 1. The number of carbonyl (C=O) groups excluding carboxylic acids is 1. The van der Waals surface area contributed by atoms with Gasteiger partial charge in [0.2, 0.25) is 0 Å². The molecule has 2 aromatic carbocycles. The predicted molar refractivity (Wildman–Crippen MR) is 91.0 cm³/mol. The summed E-state index contributed by atoms with van der Waals surface area (Å²) in [5.74, 6) is -0.271. The zero-order valence-corrected chi connectivity index (χ0v) is 13.9. The number of rotatable bonds is 3. The Morgan fingerprint density at radius 2 is 1.76 bits per heavy atom.